The molecular formula is C23H37F3N4O3. The van der Waals surface area contributed by atoms with Gasteiger partial charge >= 0.3 is 12.1 Å². The third kappa shape index (κ3) is 10.1. The number of rotatable bonds is 16. The highest BCUT2D eigenvalue weighted by molar-refractivity contribution is 5.76. The van der Waals surface area contributed by atoms with E-state index in [9.17, 15) is 22.8 Å². The molecule has 0 radical (unpaired) electrons. The molecule has 1 aromatic rings. The number of nitrogens with zero attached hydrogens (tertiary/aromatic N) is 4. The fourth-order valence-electron chi connectivity index (χ4n) is 4.24. The summed E-state index contributed by atoms with van der Waals surface area (Å²) in [7, 11) is 0. The second kappa shape index (κ2) is 14.2. The lowest BCUT2D eigenvalue weighted by Crippen LogP contribution is -2.39. The predicted octanol–water partition coefficient (Wildman–Crippen LogP) is 5.58. The van der Waals surface area contributed by atoms with Crippen LogP contribution in [0.4, 0.5) is 13.2 Å². The molecule has 0 unspecified atom stereocenters. The summed E-state index contributed by atoms with van der Waals surface area (Å²) in [5.41, 5.74) is 0. The third-order valence-electron chi connectivity index (χ3n) is 6.14. The Morgan fingerprint density at radius 1 is 0.758 bits per heavy atom. The zero-order valence-corrected chi connectivity index (χ0v) is 19.4. The van der Waals surface area contributed by atoms with Crippen molar-refractivity contribution >= 4 is 11.9 Å². The molecule has 2 rings (SSSR count). The second-order valence-electron chi connectivity index (χ2n) is 8.89. The first-order valence-corrected chi connectivity index (χ1v) is 12.3. The van der Waals surface area contributed by atoms with E-state index in [0.29, 0.717) is 6.42 Å². The van der Waals surface area contributed by atoms with Gasteiger partial charge in [-0.05, 0) is 12.8 Å². The molecule has 7 nitrogen and oxygen atoms in total. The number of hydrogen-bond donors (Lipinski definition) is 1. The average Bonchev–Trinajstić information content (AvgIpc) is 3.20. The van der Waals surface area contributed by atoms with Crippen LogP contribution in [-0.4, -0.2) is 43.2 Å². The average molecular weight is 475 g/mol. The van der Waals surface area contributed by atoms with Crippen molar-refractivity contribution in [3.8, 4) is 0 Å². The Labute approximate surface area is 193 Å². The van der Waals surface area contributed by atoms with Crippen LogP contribution in [-0.2, 0) is 28.9 Å². The van der Waals surface area contributed by atoms with Gasteiger partial charge in [0, 0.05) is 25.9 Å². The molecule has 0 fully saturated rings. The Morgan fingerprint density at radius 2 is 1.24 bits per heavy atom. The van der Waals surface area contributed by atoms with Gasteiger partial charge in [-0.1, -0.05) is 70.6 Å². The van der Waals surface area contributed by atoms with Gasteiger partial charge in [-0.2, -0.15) is 13.2 Å². The summed E-state index contributed by atoms with van der Waals surface area (Å²) >= 11 is 0. The van der Waals surface area contributed by atoms with Gasteiger partial charge in [0.1, 0.15) is 0 Å². The van der Waals surface area contributed by atoms with Gasteiger partial charge in [-0.25, -0.2) is 0 Å². The van der Waals surface area contributed by atoms with Crippen LogP contribution in [0, 0.1) is 0 Å². The number of carbonyl (C=O) groups is 2. The smallest absolute Gasteiger partial charge is 0.451 e. The normalized spacial score (nSPS) is 13.8. The van der Waals surface area contributed by atoms with Gasteiger partial charge in [0.15, 0.2) is 5.82 Å². The van der Waals surface area contributed by atoms with Gasteiger partial charge in [0.2, 0.25) is 11.7 Å². The molecule has 0 saturated carbocycles. The molecule has 1 aliphatic rings. The van der Waals surface area contributed by atoms with Crippen molar-refractivity contribution < 1.29 is 27.9 Å². The van der Waals surface area contributed by atoms with Crippen LogP contribution in [0.15, 0.2) is 0 Å². The number of carbonyl (C=O) groups excluding carboxylic acids is 1. The van der Waals surface area contributed by atoms with Crippen molar-refractivity contribution in [2.45, 2.75) is 116 Å². The van der Waals surface area contributed by atoms with E-state index >= 15 is 0 Å². The first-order valence-electron chi connectivity index (χ1n) is 12.3. The SMILES string of the molecule is O=C(O)CCCCCCCCCCCCCCCC(=O)N1CCn2c(nnc2C(F)(F)F)C1. The molecule has 0 aromatic carbocycles. The van der Waals surface area contributed by atoms with Crippen LogP contribution >= 0.6 is 0 Å². The number of carboxylic acids is 1. The minimum absolute atomic E-state index is 0.0271. The monoisotopic (exact) mass is 474 g/mol. The summed E-state index contributed by atoms with van der Waals surface area (Å²) in [6.07, 6.45) is 10.5. The van der Waals surface area contributed by atoms with Crippen LogP contribution in [0.1, 0.15) is 108 Å². The third-order valence-corrected chi connectivity index (χ3v) is 6.14. The standard InChI is InChI=1S/C23H37F3N4O3/c24-23(25,26)22-28-27-19-18-29(16-17-30(19)22)20(31)14-12-10-8-6-4-2-1-3-5-7-9-11-13-15-21(32)33/h1-18H2,(H,32,33). The first-order chi connectivity index (χ1) is 15.8. The molecule has 0 aliphatic carbocycles. The topological polar surface area (TPSA) is 88.3 Å². The van der Waals surface area contributed by atoms with E-state index < -0.39 is 18.0 Å². The van der Waals surface area contributed by atoms with Crippen LogP contribution in [0.25, 0.3) is 0 Å². The Balaban J connectivity index is 1.43. The van der Waals surface area contributed by atoms with Crippen LogP contribution in [0.3, 0.4) is 0 Å². The number of alkyl halides is 3. The summed E-state index contributed by atoms with van der Waals surface area (Å²) in [6, 6.07) is 0. The fourth-order valence-corrected chi connectivity index (χ4v) is 4.24. The molecule has 1 aromatic heterocycles. The summed E-state index contributed by atoms with van der Waals surface area (Å²) in [6.45, 7) is 0.424. The zero-order valence-electron chi connectivity index (χ0n) is 19.4. The number of aliphatic carboxylic acids is 1. The Hall–Kier alpha value is -2.13. The molecule has 0 saturated heterocycles. The number of carboxylic acid groups (broad SMARTS) is 1. The van der Waals surface area contributed by atoms with E-state index in [1.54, 1.807) is 4.90 Å². The van der Waals surface area contributed by atoms with Gasteiger partial charge < -0.3 is 14.6 Å². The predicted molar refractivity (Wildman–Crippen MR) is 117 cm³/mol. The highest BCUT2D eigenvalue weighted by Gasteiger charge is 2.39. The van der Waals surface area contributed by atoms with E-state index in [0.717, 1.165) is 49.5 Å². The summed E-state index contributed by atoms with van der Waals surface area (Å²) in [5.74, 6) is -1.53. The molecule has 0 spiro atoms. The number of hydrogen-bond acceptors (Lipinski definition) is 4. The van der Waals surface area contributed by atoms with Gasteiger partial charge in [0.05, 0.1) is 6.54 Å². The van der Waals surface area contributed by atoms with Crippen LogP contribution in [0.2, 0.25) is 0 Å². The molecular weight excluding hydrogens is 437 g/mol. The molecule has 1 N–H and O–H groups in total. The van der Waals surface area contributed by atoms with Gasteiger partial charge in [-0.3, -0.25) is 9.59 Å². The minimum atomic E-state index is -4.53. The van der Waals surface area contributed by atoms with Crippen molar-refractivity contribution in [3.05, 3.63) is 11.6 Å². The lowest BCUT2D eigenvalue weighted by molar-refractivity contribution is -0.148. The largest absolute Gasteiger partial charge is 0.481 e. The maximum atomic E-state index is 12.9. The maximum Gasteiger partial charge on any atom is 0.451 e. The molecule has 188 valence electrons. The Morgan fingerprint density at radius 3 is 1.73 bits per heavy atom. The molecule has 10 heteroatoms. The van der Waals surface area contributed by atoms with E-state index in [2.05, 4.69) is 10.2 Å². The molecule has 0 bridgehead atoms. The van der Waals surface area contributed by atoms with Crippen LogP contribution in [0.5, 0.6) is 0 Å². The van der Waals surface area contributed by atoms with E-state index in [-0.39, 0.29) is 37.8 Å². The minimum Gasteiger partial charge on any atom is -0.481 e. The summed E-state index contributed by atoms with van der Waals surface area (Å²) < 4.78 is 39.7. The van der Waals surface area contributed by atoms with Crippen molar-refractivity contribution in [1.29, 1.82) is 0 Å². The molecule has 2 heterocycles. The van der Waals surface area contributed by atoms with E-state index in [4.69, 9.17) is 5.11 Å². The van der Waals surface area contributed by atoms with Crippen molar-refractivity contribution in [3.63, 3.8) is 0 Å². The zero-order chi connectivity index (χ0) is 24.1. The number of halogens is 3. The highest BCUT2D eigenvalue weighted by Crippen LogP contribution is 2.29. The number of fused-ring (bicyclic) bond motifs is 1. The second-order valence-corrected chi connectivity index (χ2v) is 8.89. The fraction of sp³-hybridized carbons (Fsp3) is 0.826. The lowest BCUT2D eigenvalue weighted by atomic mass is 10.0. The van der Waals surface area contributed by atoms with Crippen molar-refractivity contribution in [1.82, 2.24) is 19.7 Å². The van der Waals surface area contributed by atoms with Crippen LogP contribution < -0.4 is 0 Å². The van der Waals surface area contributed by atoms with E-state index in [1.165, 1.54) is 38.5 Å². The van der Waals surface area contributed by atoms with Gasteiger partial charge in [-0.15, -0.1) is 10.2 Å². The number of unbranched alkanes of at least 4 members (excludes halogenated alkanes) is 12. The number of aromatic nitrogens is 3. The molecule has 1 aliphatic heterocycles. The molecule has 33 heavy (non-hydrogen) atoms. The van der Waals surface area contributed by atoms with Gasteiger partial charge in [0.25, 0.3) is 0 Å². The van der Waals surface area contributed by atoms with Crippen molar-refractivity contribution in [2.75, 3.05) is 6.54 Å². The van der Waals surface area contributed by atoms with E-state index in [1.807, 2.05) is 0 Å². The molecule has 0 atom stereocenters. The van der Waals surface area contributed by atoms with Crippen molar-refractivity contribution in [2.24, 2.45) is 0 Å². The molecule has 1 amide bonds. The maximum absolute atomic E-state index is 12.9. The Kier molecular flexibility index (Phi) is 11.7. The Bertz CT molecular complexity index is 737. The first kappa shape index (κ1) is 27.1. The summed E-state index contributed by atoms with van der Waals surface area (Å²) in [4.78, 5) is 24.4. The summed E-state index contributed by atoms with van der Waals surface area (Å²) in [5, 5.41) is 15.4. The lowest BCUT2D eigenvalue weighted by Gasteiger charge is -2.28. The number of amides is 1. The highest BCUT2D eigenvalue weighted by atomic mass is 19.4. The quantitative estimate of drug-likeness (QED) is 0.316.